The lowest BCUT2D eigenvalue weighted by atomic mass is 10.1. The fourth-order valence-corrected chi connectivity index (χ4v) is 1.80. The number of hydrogen-bond acceptors (Lipinski definition) is 3. The molecule has 13 heavy (non-hydrogen) atoms. The zero-order valence-corrected chi connectivity index (χ0v) is 8.16. The Morgan fingerprint density at radius 2 is 1.77 bits per heavy atom. The summed E-state index contributed by atoms with van der Waals surface area (Å²) in [5, 5.41) is 0.679. The van der Waals surface area contributed by atoms with Gasteiger partial charge in [-0.1, -0.05) is 31.1 Å². The van der Waals surface area contributed by atoms with Crippen LogP contribution >= 0.6 is 0 Å². The molecule has 1 aliphatic carbocycles. The topological polar surface area (TPSA) is 57.2 Å². The van der Waals surface area contributed by atoms with Gasteiger partial charge in [0.1, 0.15) is 10.1 Å². The van der Waals surface area contributed by atoms with E-state index in [2.05, 4.69) is 0 Å². The van der Waals surface area contributed by atoms with Gasteiger partial charge in [0.15, 0.2) is 0 Å². The Morgan fingerprint density at radius 3 is 2.31 bits per heavy atom. The highest BCUT2D eigenvalue weighted by Gasteiger charge is 2.10. The molecule has 0 aromatic rings. The average Bonchev–Trinajstić information content (AvgIpc) is 2.48. The molecule has 0 aromatic heterocycles. The Labute approximate surface area is 78.9 Å². The molecule has 0 saturated heterocycles. The van der Waals surface area contributed by atoms with E-state index in [1.54, 1.807) is 6.08 Å². The first-order valence-electron chi connectivity index (χ1n) is 4.39. The van der Waals surface area contributed by atoms with Crippen LogP contribution in [0.5, 0.6) is 0 Å². The van der Waals surface area contributed by atoms with Crippen LogP contribution < -0.4 is 0 Å². The third-order valence-electron chi connectivity index (χ3n) is 2.14. The van der Waals surface area contributed by atoms with E-state index in [1.165, 1.54) is 31.8 Å². The van der Waals surface area contributed by atoms with E-state index in [1.807, 2.05) is 6.08 Å². The van der Waals surface area contributed by atoms with Crippen LogP contribution in [-0.4, -0.2) is 13.0 Å². The normalized spacial score (nSPS) is 20.7. The minimum absolute atomic E-state index is 0.569. The van der Waals surface area contributed by atoms with Gasteiger partial charge in [-0.25, -0.2) is 8.42 Å². The number of hydrogen-bond donors (Lipinski definition) is 0. The van der Waals surface area contributed by atoms with Crippen molar-refractivity contribution < 1.29 is 13.0 Å². The van der Waals surface area contributed by atoms with E-state index in [0.717, 1.165) is 0 Å². The zero-order chi connectivity index (χ0) is 9.73. The summed E-state index contributed by atoms with van der Waals surface area (Å²) >= 11 is 0. The van der Waals surface area contributed by atoms with E-state index in [0.29, 0.717) is 11.3 Å². The van der Waals surface area contributed by atoms with E-state index >= 15 is 0 Å². The molecule has 0 aromatic carbocycles. The second-order valence-corrected chi connectivity index (χ2v) is 4.51. The Hall–Kier alpha value is -0.610. The summed E-state index contributed by atoms with van der Waals surface area (Å²) in [5.41, 5.74) is 0. The lowest BCUT2D eigenvalue weighted by molar-refractivity contribution is 0.474. The summed E-state index contributed by atoms with van der Waals surface area (Å²) in [7, 11) is -4.20. The Kier molecular flexibility index (Phi) is 3.69. The van der Waals surface area contributed by atoms with Crippen LogP contribution in [0, 0.1) is 5.92 Å². The standard InChI is InChI=1S/C9H14O3S/c10-13(11,12)8-4-3-7-9-5-1-2-6-9/h3-4,7-9H,1-2,5-6H2,(H,10,11,12)/p-1/b7-3+,8-4+. The van der Waals surface area contributed by atoms with Gasteiger partial charge >= 0.3 is 0 Å². The number of allylic oxidation sites excluding steroid dienone is 3. The summed E-state index contributed by atoms with van der Waals surface area (Å²) in [4.78, 5) is 0. The SMILES string of the molecule is O=S(=O)([O-])/C=C/C=C/C1CCCC1. The van der Waals surface area contributed by atoms with Crippen molar-refractivity contribution in [3.05, 3.63) is 23.6 Å². The molecule has 0 radical (unpaired) electrons. The summed E-state index contributed by atoms with van der Waals surface area (Å²) in [6.45, 7) is 0. The lowest BCUT2D eigenvalue weighted by Gasteiger charge is -1.98. The Balaban J connectivity index is 2.36. The van der Waals surface area contributed by atoms with Crippen molar-refractivity contribution in [3.8, 4) is 0 Å². The smallest absolute Gasteiger partial charge is 0.117 e. The van der Waals surface area contributed by atoms with E-state index in [-0.39, 0.29) is 0 Å². The molecule has 1 fully saturated rings. The van der Waals surface area contributed by atoms with Crippen LogP contribution in [0.4, 0.5) is 0 Å². The van der Waals surface area contributed by atoms with Crippen LogP contribution in [0.2, 0.25) is 0 Å². The van der Waals surface area contributed by atoms with Crippen LogP contribution in [0.15, 0.2) is 23.6 Å². The molecular weight excluding hydrogens is 188 g/mol. The fraction of sp³-hybridized carbons (Fsp3) is 0.556. The third kappa shape index (κ3) is 4.85. The Bertz CT molecular complexity index is 295. The van der Waals surface area contributed by atoms with Crippen LogP contribution in [0.3, 0.4) is 0 Å². The van der Waals surface area contributed by atoms with Crippen LogP contribution in [0.1, 0.15) is 25.7 Å². The van der Waals surface area contributed by atoms with Crippen molar-refractivity contribution in [1.82, 2.24) is 0 Å². The quantitative estimate of drug-likeness (QED) is 0.516. The van der Waals surface area contributed by atoms with Crippen molar-refractivity contribution >= 4 is 10.1 Å². The third-order valence-corrected chi connectivity index (χ3v) is 2.63. The lowest BCUT2D eigenvalue weighted by Crippen LogP contribution is -1.89. The van der Waals surface area contributed by atoms with Crippen LogP contribution in [0.25, 0.3) is 0 Å². The van der Waals surface area contributed by atoms with E-state index in [4.69, 9.17) is 0 Å². The van der Waals surface area contributed by atoms with Gasteiger partial charge in [-0.05, 0) is 18.8 Å². The van der Waals surface area contributed by atoms with Crippen molar-refractivity contribution in [1.29, 1.82) is 0 Å². The van der Waals surface area contributed by atoms with Gasteiger partial charge in [0.25, 0.3) is 0 Å². The average molecular weight is 201 g/mol. The molecule has 3 nitrogen and oxygen atoms in total. The highest BCUT2D eigenvalue weighted by molar-refractivity contribution is 7.88. The van der Waals surface area contributed by atoms with Gasteiger partial charge in [0.2, 0.25) is 0 Å². The molecule has 0 bridgehead atoms. The van der Waals surface area contributed by atoms with Gasteiger partial charge in [-0.2, -0.15) is 0 Å². The largest absolute Gasteiger partial charge is 0.744 e. The summed E-state index contributed by atoms with van der Waals surface area (Å²) in [6.07, 6.45) is 9.75. The molecule has 1 aliphatic rings. The molecule has 0 amide bonds. The van der Waals surface area contributed by atoms with Gasteiger partial charge in [0.05, 0.1) is 0 Å². The van der Waals surface area contributed by atoms with Gasteiger partial charge < -0.3 is 4.55 Å². The summed E-state index contributed by atoms with van der Waals surface area (Å²) in [5.74, 6) is 0.569. The molecule has 0 heterocycles. The molecule has 0 spiro atoms. The Morgan fingerprint density at radius 1 is 1.15 bits per heavy atom. The summed E-state index contributed by atoms with van der Waals surface area (Å²) < 4.78 is 30.5. The van der Waals surface area contributed by atoms with Crippen LogP contribution in [-0.2, 0) is 10.1 Å². The maximum absolute atomic E-state index is 10.2. The molecule has 0 N–H and O–H groups in total. The first kappa shape index (κ1) is 10.5. The molecular formula is C9H13O3S-. The van der Waals surface area contributed by atoms with E-state index < -0.39 is 10.1 Å². The maximum atomic E-state index is 10.2. The van der Waals surface area contributed by atoms with Crippen molar-refractivity contribution in [2.24, 2.45) is 5.92 Å². The van der Waals surface area contributed by atoms with Gasteiger partial charge in [-0.3, -0.25) is 0 Å². The molecule has 4 heteroatoms. The minimum atomic E-state index is -4.20. The first-order chi connectivity index (χ1) is 6.08. The molecule has 1 rings (SSSR count). The van der Waals surface area contributed by atoms with Gasteiger partial charge in [0, 0.05) is 5.41 Å². The minimum Gasteiger partial charge on any atom is -0.744 e. The highest BCUT2D eigenvalue weighted by Crippen LogP contribution is 2.25. The molecule has 0 atom stereocenters. The van der Waals surface area contributed by atoms with Crippen molar-refractivity contribution in [2.75, 3.05) is 0 Å². The number of rotatable bonds is 3. The first-order valence-corrected chi connectivity index (χ1v) is 5.86. The molecule has 0 aliphatic heterocycles. The highest BCUT2D eigenvalue weighted by atomic mass is 32.2. The van der Waals surface area contributed by atoms with Gasteiger partial charge in [-0.15, -0.1) is 0 Å². The molecule has 1 saturated carbocycles. The maximum Gasteiger partial charge on any atom is 0.117 e. The molecule has 0 unspecified atom stereocenters. The fourth-order valence-electron chi connectivity index (χ4n) is 1.51. The van der Waals surface area contributed by atoms with Crippen molar-refractivity contribution in [2.45, 2.75) is 25.7 Å². The second-order valence-electron chi connectivity index (χ2n) is 3.25. The predicted octanol–water partition coefficient (Wildman–Crippen LogP) is 1.79. The monoisotopic (exact) mass is 201 g/mol. The van der Waals surface area contributed by atoms with Crippen molar-refractivity contribution in [3.63, 3.8) is 0 Å². The second kappa shape index (κ2) is 4.58. The molecule has 74 valence electrons. The predicted molar refractivity (Wildman–Crippen MR) is 49.9 cm³/mol. The van der Waals surface area contributed by atoms with E-state index in [9.17, 15) is 13.0 Å². The summed E-state index contributed by atoms with van der Waals surface area (Å²) in [6, 6.07) is 0. The zero-order valence-electron chi connectivity index (χ0n) is 7.35.